The third-order valence-corrected chi connectivity index (χ3v) is 4.07. The lowest BCUT2D eigenvalue weighted by atomic mass is 9.87. The summed E-state index contributed by atoms with van der Waals surface area (Å²) in [6.07, 6.45) is 8.64. The summed E-state index contributed by atoms with van der Waals surface area (Å²) < 4.78 is 1.84. The Morgan fingerprint density at radius 1 is 1.25 bits per heavy atom. The van der Waals surface area contributed by atoms with Crippen LogP contribution in [0, 0.1) is 5.92 Å². The van der Waals surface area contributed by atoms with Crippen LogP contribution in [0.2, 0.25) is 0 Å². The first-order valence-electron chi connectivity index (χ1n) is 7.47. The van der Waals surface area contributed by atoms with Crippen molar-refractivity contribution in [1.82, 2.24) is 14.8 Å². The predicted molar refractivity (Wildman–Crippen MR) is 80.6 cm³/mol. The lowest BCUT2D eigenvalue weighted by Gasteiger charge is -2.28. The number of anilines is 1. The van der Waals surface area contributed by atoms with E-state index in [9.17, 15) is 0 Å². The van der Waals surface area contributed by atoms with Gasteiger partial charge in [-0.05, 0) is 36.5 Å². The van der Waals surface area contributed by atoms with E-state index in [4.69, 9.17) is 0 Å². The summed E-state index contributed by atoms with van der Waals surface area (Å²) in [6.45, 7) is 3.13. The summed E-state index contributed by atoms with van der Waals surface area (Å²) >= 11 is 0. The Morgan fingerprint density at radius 3 is 2.80 bits per heavy atom. The van der Waals surface area contributed by atoms with Crippen LogP contribution in [0.25, 0.3) is 0 Å². The first kappa shape index (κ1) is 13.2. The first-order valence-corrected chi connectivity index (χ1v) is 7.47. The van der Waals surface area contributed by atoms with E-state index in [1.54, 1.807) is 12.7 Å². The predicted octanol–water partition coefficient (Wildman–Crippen LogP) is 3.32. The van der Waals surface area contributed by atoms with Crippen LogP contribution < -0.4 is 5.32 Å². The van der Waals surface area contributed by atoms with Crippen LogP contribution in [0.15, 0.2) is 36.9 Å². The Bertz CT molecular complexity index is 518. The van der Waals surface area contributed by atoms with Gasteiger partial charge in [-0.25, -0.2) is 9.67 Å². The van der Waals surface area contributed by atoms with Gasteiger partial charge in [0.1, 0.15) is 12.7 Å². The van der Waals surface area contributed by atoms with Crippen molar-refractivity contribution < 1.29 is 0 Å². The van der Waals surface area contributed by atoms with E-state index >= 15 is 0 Å². The first-order chi connectivity index (χ1) is 9.79. The quantitative estimate of drug-likeness (QED) is 0.926. The maximum absolute atomic E-state index is 4.13. The third-order valence-electron chi connectivity index (χ3n) is 4.07. The molecule has 3 rings (SSSR count). The van der Waals surface area contributed by atoms with Crippen LogP contribution in [0.1, 0.15) is 38.2 Å². The van der Waals surface area contributed by atoms with Crippen LogP contribution in [0.4, 0.5) is 5.69 Å². The fraction of sp³-hybridized carbons (Fsp3) is 0.500. The van der Waals surface area contributed by atoms with Gasteiger partial charge in [-0.1, -0.05) is 31.9 Å². The zero-order valence-corrected chi connectivity index (χ0v) is 12.0. The zero-order valence-electron chi connectivity index (χ0n) is 12.0. The normalized spacial score (nSPS) is 22.6. The second-order valence-corrected chi connectivity index (χ2v) is 5.90. The number of aromatic nitrogens is 3. The Balaban J connectivity index is 1.58. The summed E-state index contributed by atoms with van der Waals surface area (Å²) in [7, 11) is 0. The summed E-state index contributed by atoms with van der Waals surface area (Å²) in [6, 6.07) is 9.31. The molecular formula is C16H22N4. The molecule has 1 saturated carbocycles. The van der Waals surface area contributed by atoms with E-state index in [0.717, 1.165) is 12.5 Å². The minimum atomic E-state index is 0.639. The van der Waals surface area contributed by atoms with Gasteiger partial charge in [-0.15, -0.1) is 0 Å². The van der Waals surface area contributed by atoms with Crippen molar-refractivity contribution in [2.45, 2.75) is 45.2 Å². The van der Waals surface area contributed by atoms with Crippen molar-refractivity contribution in [2.75, 3.05) is 5.32 Å². The molecular weight excluding hydrogens is 248 g/mol. The molecule has 0 spiro atoms. The Morgan fingerprint density at radius 2 is 2.10 bits per heavy atom. The molecule has 20 heavy (non-hydrogen) atoms. The minimum absolute atomic E-state index is 0.639. The van der Waals surface area contributed by atoms with Gasteiger partial charge in [0.2, 0.25) is 0 Å². The summed E-state index contributed by atoms with van der Waals surface area (Å²) in [4.78, 5) is 3.96. The second kappa shape index (κ2) is 6.07. The SMILES string of the molecule is CC1CCCC(Nc2ccc(Cn3cncn3)cc2)C1. The van der Waals surface area contributed by atoms with Crippen molar-refractivity contribution in [1.29, 1.82) is 0 Å². The molecule has 4 nitrogen and oxygen atoms in total. The molecule has 1 fully saturated rings. The Kier molecular flexibility index (Phi) is 4.00. The van der Waals surface area contributed by atoms with Gasteiger partial charge in [0.25, 0.3) is 0 Å². The molecule has 0 saturated heterocycles. The van der Waals surface area contributed by atoms with Crippen molar-refractivity contribution in [3.8, 4) is 0 Å². The maximum atomic E-state index is 4.13. The average molecular weight is 270 g/mol. The fourth-order valence-corrected chi connectivity index (χ4v) is 3.01. The second-order valence-electron chi connectivity index (χ2n) is 5.90. The lowest BCUT2D eigenvalue weighted by Crippen LogP contribution is -2.26. The summed E-state index contributed by atoms with van der Waals surface area (Å²) in [5.41, 5.74) is 2.48. The van der Waals surface area contributed by atoms with Gasteiger partial charge in [0.05, 0.1) is 6.54 Å². The molecule has 2 unspecified atom stereocenters. The monoisotopic (exact) mass is 270 g/mol. The molecule has 1 aliphatic carbocycles. The van der Waals surface area contributed by atoms with Crippen molar-refractivity contribution in [3.05, 3.63) is 42.5 Å². The van der Waals surface area contributed by atoms with Crippen LogP contribution >= 0.6 is 0 Å². The fourth-order valence-electron chi connectivity index (χ4n) is 3.01. The Labute approximate surface area is 120 Å². The third kappa shape index (κ3) is 3.38. The number of nitrogens with zero attached hydrogens (tertiary/aromatic N) is 3. The largest absolute Gasteiger partial charge is 0.382 e. The molecule has 0 aliphatic heterocycles. The number of hydrogen-bond donors (Lipinski definition) is 1. The van der Waals surface area contributed by atoms with Gasteiger partial charge in [0.15, 0.2) is 0 Å². The zero-order chi connectivity index (χ0) is 13.8. The molecule has 0 radical (unpaired) electrons. The van der Waals surface area contributed by atoms with Gasteiger partial charge in [-0.2, -0.15) is 5.10 Å². The molecule has 1 aromatic heterocycles. The molecule has 1 heterocycles. The lowest BCUT2D eigenvalue weighted by molar-refractivity contribution is 0.358. The van der Waals surface area contributed by atoms with Crippen molar-refractivity contribution >= 4 is 5.69 Å². The summed E-state index contributed by atoms with van der Waals surface area (Å²) in [5.74, 6) is 0.854. The molecule has 4 heteroatoms. The standard InChI is InChI=1S/C16H22N4/c1-13-3-2-4-16(9-13)19-15-7-5-14(6-8-15)10-20-12-17-11-18-20/h5-8,11-13,16,19H,2-4,9-10H2,1H3. The number of nitrogens with one attached hydrogen (secondary N) is 1. The highest BCUT2D eigenvalue weighted by molar-refractivity contribution is 5.45. The average Bonchev–Trinajstić information content (AvgIpc) is 2.94. The van der Waals surface area contributed by atoms with E-state index in [0.29, 0.717) is 6.04 Å². The highest BCUT2D eigenvalue weighted by Gasteiger charge is 2.18. The van der Waals surface area contributed by atoms with Crippen LogP contribution in [0.5, 0.6) is 0 Å². The summed E-state index contributed by atoms with van der Waals surface area (Å²) in [5, 5.41) is 7.79. The van der Waals surface area contributed by atoms with Crippen molar-refractivity contribution in [3.63, 3.8) is 0 Å². The topological polar surface area (TPSA) is 42.7 Å². The maximum Gasteiger partial charge on any atom is 0.137 e. The molecule has 2 atom stereocenters. The molecule has 0 bridgehead atoms. The van der Waals surface area contributed by atoms with E-state index in [1.807, 2.05) is 4.68 Å². The highest BCUT2D eigenvalue weighted by Crippen LogP contribution is 2.26. The van der Waals surface area contributed by atoms with Crippen LogP contribution in [-0.4, -0.2) is 20.8 Å². The highest BCUT2D eigenvalue weighted by atomic mass is 15.3. The smallest absolute Gasteiger partial charge is 0.137 e. The number of rotatable bonds is 4. The van der Waals surface area contributed by atoms with Crippen molar-refractivity contribution in [2.24, 2.45) is 5.92 Å². The number of benzene rings is 1. The molecule has 1 aromatic carbocycles. The van der Waals surface area contributed by atoms with Gasteiger partial charge < -0.3 is 5.32 Å². The molecule has 1 N–H and O–H groups in total. The molecule has 0 amide bonds. The van der Waals surface area contributed by atoms with Gasteiger partial charge >= 0.3 is 0 Å². The van der Waals surface area contributed by atoms with Gasteiger partial charge in [0, 0.05) is 11.7 Å². The molecule has 1 aliphatic rings. The van der Waals surface area contributed by atoms with Crippen LogP contribution in [-0.2, 0) is 6.54 Å². The Hall–Kier alpha value is -1.84. The molecule has 106 valence electrons. The van der Waals surface area contributed by atoms with E-state index in [-0.39, 0.29) is 0 Å². The number of hydrogen-bond acceptors (Lipinski definition) is 3. The van der Waals surface area contributed by atoms with Gasteiger partial charge in [-0.3, -0.25) is 0 Å². The van der Waals surface area contributed by atoms with Crippen LogP contribution in [0.3, 0.4) is 0 Å². The van der Waals surface area contributed by atoms with E-state index < -0.39 is 0 Å². The van der Waals surface area contributed by atoms with E-state index in [1.165, 1.54) is 36.9 Å². The molecule has 2 aromatic rings. The minimum Gasteiger partial charge on any atom is -0.382 e. The van der Waals surface area contributed by atoms with E-state index in [2.05, 4.69) is 46.6 Å².